The molecule has 0 fully saturated rings. The Morgan fingerprint density at radius 3 is 2.69 bits per heavy atom. The molecule has 1 aromatic heterocycles. The zero-order valence-electron chi connectivity index (χ0n) is 17.0. The molecule has 6 nitrogen and oxygen atoms in total. The van der Waals surface area contributed by atoms with E-state index in [1.807, 2.05) is 43.3 Å². The van der Waals surface area contributed by atoms with Crippen LogP contribution in [0.25, 0.3) is 0 Å². The molecule has 3 rings (SSSR count). The molecule has 29 heavy (non-hydrogen) atoms. The number of rotatable bonds is 10. The number of methoxy groups -OCH3 is 1. The van der Waals surface area contributed by atoms with Crippen LogP contribution in [0.3, 0.4) is 0 Å². The molecule has 1 heterocycles. The van der Waals surface area contributed by atoms with Gasteiger partial charge in [0.1, 0.15) is 0 Å². The van der Waals surface area contributed by atoms with Crippen LogP contribution in [-0.2, 0) is 5.75 Å². The second-order valence-corrected chi connectivity index (χ2v) is 7.42. The molecular weight excluding hydrogens is 384 g/mol. The molecule has 7 heteroatoms. The van der Waals surface area contributed by atoms with Gasteiger partial charge in [0.2, 0.25) is 5.16 Å². The molecule has 152 valence electrons. The van der Waals surface area contributed by atoms with E-state index in [1.54, 1.807) is 29.8 Å². The first-order valence-corrected chi connectivity index (χ1v) is 10.6. The third-order valence-corrected chi connectivity index (χ3v) is 5.23. The zero-order chi connectivity index (χ0) is 20.5. The van der Waals surface area contributed by atoms with Gasteiger partial charge in [-0.15, -0.1) is 10.2 Å². The average molecular weight is 411 g/mol. The third kappa shape index (κ3) is 5.84. The number of benzene rings is 2. The summed E-state index contributed by atoms with van der Waals surface area (Å²) in [5, 5.41) is 13.8. The van der Waals surface area contributed by atoms with Crippen LogP contribution >= 0.6 is 11.8 Å². The van der Waals surface area contributed by atoms with Crippen LogP contribution in [0.1, 0.15) is 36.7 Å². The van der Waals surface area contributed by atoms with E-state index in [-0.39, 0.29) is 0 Å². The van der Waals surface area contributed by atoms with Gasteiger partial charge < -0.3 is 9.47 Å². The van der Waals surface area contributed by atoms with Crippen molar-refractivity contribution >= 4 is 18.0 Å². The Hall–Kier alpha value is -2.80. The topological polar surface area (TPSA) is 61.5 Å². The van der Waals surface area contributed by atoms with Gasteiger partial charge in [-0.1, -0.05) is 55.4 Å². The standard InChI is InChI=1S/C22H26N4O2S/c1-4-5-13-28-20-12-11-19(14-21(20)27-3)15-23-26-17(2)24-25-22(26)29-16-18-9-7-6-8-10-18/h6-12,14-15H,4-5,13,16H2,1-3H3/b23-15+. The van der Waals surface area contributed by atoms with E-state index < -0.39 is 0 Å². The van der Waals surface area contributed by atoms with Gasteiger partial charge in [-0.2, -0.15) is 9.78 Å². The average Bonchev–Trinajstić information content (AvgIpc) is 3.11. The first-order chi connectivity index (χ1) is 14.2. The Morgan fingerprint density at radius 2 is 1.93 bits per heavy atom. The number of unbranched alkanes of at least 4 members (excludes halogenated alkanes) is 1. The summed E-state index contributed by atoms with van der Waals surface area (Å²) >= 11 is 1.61. The minimum Gasteiger partial charge on any atom is -0.493 e. The molecule has 0 radical (unpaired) electrons. The Bertz CT molecular complexity index is 941. The summed E-state index contributed by atoms with van der Waals surface area (Å²) < 4.78 is 13.0. The van der Waals surface area contributed by atoms with Crippen LogP contribution in [0.4, 0.5) is 0 Å². The molecule has 0 aliphatic carbocycles. The fraction of sp³-hybridized carbons (Fsp3) is 0.318. The Kier molecular flexibility index (Phi) is 7.69. The molecule has 0 aliphatic rings. The van der Waals surface area contributed by atoms with Crippen LogP contribution in [0.2, 0.25) is 0 Å². The lowest BCUT2D eigenvalue weighted by molar-refractivity contribution is 0.288. The smallest absolute Gasteiger partial charge is 0.212 e. The molecule has 0 saturated heterocycles. The second kappa shape index (κ2) is 10.7. The molecular formula is C22H26N4O2S. The summed E-state index contributed by atoms with van der Waals surface area (Å²) in [6.45, 7) is 4.71. The number of ether oxygens (including phenoxy) is 2. The third-order valence-electron chi connectivity index (χ3n) is 4.24. The van der Waals surface area contributed by atoms with Crippen molar-refractivity contribution in [2.24, 2.45) is 5.10 Å². The maximum absolute atomic E-state index is 5.79. The number of nitrogens with zero attached hydrogens (tertiary/aromatic N) is 4. The van der Waals surface area contributed by atoms with Crippen molar-refractivity contribution in [2.45, 2.75) is 37.6 Å². The summed E-state index contributed by atoms with van der Waals surface area (Å²) in [5.74, 6) is 3.00. The summed E-state index contributed by atoms with van der Waals surface area (Å²) in [4.78, 5) is 0. The highest BCUT2D eigenvalue weighted by molar-refractivity contribution is 7.98. The molecule has 3 aromatic rings. The highest BCUT2D eigenvalue weighted by atomic mass is 32.2. The van der Waals surface area contributed by atoms with Crippen LogP contribution in [0.15, 0.2) is 58.8 Å². The molecule has 0 N–H and O–H groups in total. The molecule has 0 bridgehead atoms. The normalized spacial score (nSPS) is 11.1. The predicted octanol–water partition coefficient (Wildman–Crippen LogP) is 4.95. The Labute approximate surface area is 176 Å². The van der Waals surface area contributed by atoms with Crippen LogP contribution in [0.5, 0.6) is 11.5 Å². The van der Waals surface area contributed by atoms with Crippen molar-refractivity contribution in [2.75, 3.05) is 13.7 Å². The maximum atomic E-state index is 5.79. The van der Waals surface area contributed by atoms with Crippen molar-refractivity contribution in [3.63, 3.8) is 0 Å². The minimum atomic E-state index is 0.683. The Balaban J connectivity index is 1.71. The van der Waals surface area contributed by atoms with Crippen molar-refractivity contribution in [3.8, 4) is 11.5 Å². The molecule has 0 aliphatic heterocycles. The number of aromatic nitrogens is 3. The molecule has 0 amide bonds. The lowest BCUT2D eigenvalue weighted by Crippen LogP contribution is -2.00. The van der Waals surface area contributed by atoms with Crippen LogP contribution in [-0.4, -0.2) is 34.8 Å². The minimum absolute atomic E-state index is 0.683. The maximum Gasteiger partial charge on any atom is 0.212 e. The highest BCUT2D eigenvalue weighted by Gasteiger charge is 2.09. The van der Waals surface area contributed by atoms with E-state index >= 15 is 0 Å². The van der Waals surface area contributed by atoms with Gasteiger partial charge in [0.25, 0.3) is 0 Å². The molecule has 0 atom stereocenters. The number of thioether (sulfide) groups is 1. The fourth-order valence-electron chi connectivity index (χ4n) is 2.62. The molecule has 0 unspecified atom stereocenters. The van der Waals surface area contributed by atoms with Crippen molar-refractivity contribution < 1.29 is 9.47 Å². The fourth-order valence-corrected chi connectivity index (χ4v) is 3.51. The van der Waals surface area contributed by atoms with Gasteiger partial charge in [0, 0.05) is 5.75 Å². The van der Waals surface area contributed by atoms with Gasteiger partial charge in [-0.05, 0) is 42.7 Å². The van der Waals surface area contributed by atoms with Gasteiger partial charge in [-0.25, -0.2) is 0 Å². The van der Waals surface area contributed by atoms with E-state index in [9.17, 15) is 0 Å². The lowest BCUT2D eigenvalue weighted by Gasteiger charge is -2.10. The number of hydrogen-bond donors (Lipinski definition) is 0. The molecule has 0 spiro atoms. The van der Waals surface area contributed by atoms with Crippen molar-refractivity contribution in [1.29, 1.82) is 0 Å². The number of hydrogen-bond acceptors (Lipinski definition) is 6. The Morgan fingerprint density at radius 1 is 1.10 bits per heavy atom. The van der Waals surface area contributed by atoms with Gasteiger partial charge in [0.15, 0.2) is 17.3 Å². The van der Waals surface area contributed by atoms with E-state index in [1.165, 1.54) is 5.56 Å². The quantitative estimate of drug-likeness (QED) is 0.269. The van der Waals surface area contributed by atoms with Crippen LogP contribution < -0.4 is 9.47 Å². The van der Waals surface area contributed by atoms with E-state index in [4.69, 9.17) is 9.47 Å². The first-order valence-electron chi connectivity index (χ1n) is 9.65. The monoisotopic (exact) mass is 410 g/mol. The highest BCUT2D eigenvalue weighted by Crippen LogP contribution is 2.28. The van der Waals surface area contributed by atoms with Gasteiger partial charge in [0.05, 0.1) is 19.9 Å². The number of aryl methyl sites for hydroxylation is 1. The summed E-state index contributed by atoms with van der Waals surface area (Å²) in [6.07, 6.45) is 3.89. The summed E-state index contributed by atoms with van der Waals surface area (Å²) in [5.41, 5.74) is 2.15. The molecule has 0 saturated carbocycles. The second-order valence-electron chi connectivity index (χ2n) is 6.47. The van der Waals surface area contributed by atoms with Gasteiger partial charge >= 0.3 is 0 Å². The van der Waals surface area contributed by atoms with Crippen LogP contribution in [0, 0.1) is 6.92 Å². The van der Waals surface area contributed by atoms with E-state index in [0.717, 1.165) is 40.9 Å². The summed E-state index contributed by atoms with van der Waals surface area (Å²) in [7, 11) is 1.64. The largest absolute Gasteiger partial charge is 0.493 e. The predicted molar refractivity (Wildman–Crippen MR) is 117 cm³/mol. The lowest BCUT2D eigenvalue weighted by atomic mass is 10.2. The van der Waals surface area contributed by atoms with Crippen molar-refractivity contribution in [3.05, 3.63) is 65.5 Å². The molecule has 2 aromatic carbocycles. The first kappa shape index (κ1) is 20.9. The van der Waals surface area contributed by atoms with E-state index in [2.05, 4.69) is 34.4 Å². The zero-order valence-corrected chi connectivity index (χ0v) is 17.9. The SMILES string of the molecule is CCCCOc1ccc(/C=N/n2c(C)nnc2SCc2ccccc2)cc1OC. The van der Waals surface area contributed by atoms with Gasteiger partial charge in [-0.3, -0.25) is 0 Å². The van der Waals surface area contributed by atoms with Crippen molar-refractivity contribution in [1.82, 2.24) is 14.9 Å². The summed E-state index contributed by atoms with van der Waals surface area (Å²) in [6, 6.07) is 16.1. The van der Waals surface area contributed by atoms with E-state index in [0.29, 0.717) is 12.4 Å².